The normalized spacial score (nSPS) is 17.1. The van der Waals surface area contributed by atoms with E-state index < -0.39 is 0 Å². The van der Waals surface area contributed by atoms with E-state index in [1.165, 1.54) is 32.1 Å². The van der Waals surface area contributed by atoms with Crippen LogP contribution in [0.4, 0.5) is 0 Å². The molecule has 17 heavy (non-hydrogen) atoms. The summed E-state index contributed by atoms with van der Waals surface area (Å²) >= 11 is 11.8. The number of benzene rings is 1. The maximum atomic E-state index is 5.93. The van der Waals surface area contributed by atoms with Crippen molar-refractivity contribution in [3.63, 3.8) is 0 Å². The van der Waals surface area contributed by atoms with Crippen LogP contribution >= 0.6 is 23.2 Å². The number of alkyl halides is 1. The Morgan fingerprint density at radius 1 is 1.18 bits per heavy atom. The summed E-state index contributed by atoms with van der Waals surface area (Å²) in [5, 5.41) is 0.714. The molecule has 1 aliphatic carbocycles. The van der Waals surface area contributed by atoms with Crippen molar-refractivity contribution in [2.24, 2.45) is 5.92 Å². The first-order valence-electron chi connectivity index (χ1n) is 6.27. The number of hydrogen-bond donors (Lipinski definition) is 0. The molecule has 0 radical (unpaired) electrons. The molecule has 0 unspecified atom stereocenters. The van der Waals surface area contributed by atoms with Crippen LogP contribution in [0.3, 0.4) is 0 Å². The Labute approximate surface area is 113 Å². The highest BCUT2D eigenvalue weighted by Gasteiger charge is 2.14. The molecule has 0 bridgehead atoms. The molecule has 1 saturated carbocycles. The molecule has 0 N–H and O–H groups in total. The number of hydrogen-bond acceptors (Lipinski definition) is 1. The number of halogens is 2. The van der Waals surface area contributed by atoms with E-state index >= 15 is 0 Å². The van der Waals surface area contributed by atoms with Crippen LogP contribution in [-0.2, 0) is 5.88 Å². The molecule has 1 nitrogen and oxygen atoms in total. The molecule has 0 aromatic heterocycles. The number of ether oxygens (including phenoxy) is 1. The second kappa shape index (κ2) is 6.51. The van der Waals surface area contributed by atoms with Gasteiger partial charge in [-0.15, -0.1) is 11.6 Å². The Morgan fingerprint density at radius 3 is 2.65 bits per heavy atom. The summed E-state index contributed by atoms with van der Waals surface area (Å²) in [4.78, 5) is 0. The molecule has 1 fully saturated rings. The molecule has 1 aromatic carbocycles. The van der Waals surface area contributed by atoms with Crippen LogP contribution in [0.2, 0.25) is 5.02 Å². The molecule has 1 aromatic rings. The van der Waals surface area contributed by atoms with E-state index in [1.54, 1.807) is 0 Å². The highest BCUT2D eigenvalue weighted by molar-refractivity contribution is 6.30. The lowest BCUT2D eigenvalue weighted by molar-refractivity contribution is 0.208. The van der Waals surface area contributed by atoms with E-state index in [0.29, 0.717) is 16.8 Å². The van der Waals surface area contributed by atoms with Gasteiger partial charge in [0.25, 0.3) is 0 Å². The topological polar surface area (TPSA) is 9.23 Å². The third-order valence-corrected chi connectivity index (χ3v) is 3.89. The maximum absolute atomic E-state index is 5.93. The molecule has 0 spiro atoms. The molecular weight excluding hydrogens is 255 g/mol. The molecule has 0 saturated heterocycles. The minimum atomic E-state index is 0.445. The first kappa shape index (κ1) is 13.0. The third kappa shape index (κ3) is 3.79. The SMILES string of the molecule is ClCc1cc(Cl)ccc1OCC1CCCCC1. The van der Waals surface area contributed by atoms with Crippen LogP contribution < -0.4 is 4.74 Å². The van der Waals surface area contributed by atoms with Crippen LogP contribution in [0.15, 0.2) is 18.2 Å². The van der Waals surface area contributed by atoms with E-state index in [4.69, 9.17) is 27.9 Å². The van der Waals surface area contributed by atoms with Crippen molar-refractivity contribution in [2.45, 2.75) is 38.0 Å². The van der Waals surface area contributed by atoms with Gasteiger partial charge in [-0.25, -0.2) is 0 Å². The summed E-state index contributed by atoms with van der Waals surface area (Å²) in [7, 11) is 0. The van der Waals surface area contributed by atoms with Crippen molar-refractivity contribution in [1.82, 2.24) is 0 Å². The van der Waals surface area contributed by atoms with Gasteiger partial charge in [0, 0.05) is 10.6 Å². The van der Waals surface area contributed by atoms with Crippen molar-refractivity contribution < 1.29 is 4.74 Å². The largest absolute Gasteiger partial charge is 0.493 e. The van der Waals surface area contributed by atoms with E-state index in [1.807, 2.05) is 18.2 Å². The second-order valence-corrected chi connectivity index (χ2v) is 5.40. The molecule has 0 amide bonds. The molecule has 0 aliphatic heterocycles. The minimum absolute atomic E-state index is 0.445. The summed E-state index contributed by atoms with van der Waals surface area (Å²) in [5.74, 6) is 2.04. The van der Waals surface area contributed by atoms with Gasteiger partial charge in [0.05, 0.1) is 12.5 Å². The summed E-state index contributed by atoms with van der Waals surface area (Å²) in [6, 6.07) is 5.65. The monoisotopic (exact) mass is 272 g/mol. The predicted octanol–water partition coefficient (Wildman–Crippen LogP) is 5.04. The van der Waals surface area contributed by atoms with Gasteiger partial charge < -0.3 is 4.74 Å². The van der Waals surface area contributed by atoms with Crippen LogP contribution in [-0.4, -0.2) is 6.61 Å². The average molecular weight is 273 g/mol. The third-order valence-electron chi connectivity index (χ3n) is 3.37. The van der Waals surface area contributed by atoms with Crippen molar-refractivity contribution in [2.75, 3.05) is 6.61 Å². The van der Waals surface area contributed by atoms with Gasteiger partial charge in [-0.2, -0.15) is 0 Å². The predicted molar refractivity (Wildman–Crippen MR) is 73.1 cm³/mol. The smallest absolute Gasteiger partial charge is 0.123 e. The zero-order valence-electron chi connectivity index (χ0n) is 9.92. The lowest BCUT2D eigenvalue weighted by atomic mass is 9.90. The summed E-state index contributed by atoms with van der Waals surface area (Å²) in [6.07, 6.45) is 6.66. The molecular formula is C14H18Cl2O. The maximum Gasteiger partial charge on any atom is 0.123 e. The minimum Gasteiger partial charge on any atom is -0.493 e. The average Bonchev–Trinajstić information content (AvgIpc) is 2.38. The Morgan fingerprint density at radius 2 is 1.94 bits per heavy atom. The molecule has 3 heteroatoms. The highest BCUT2D eigenvalue weighted by atomic mass is 35.5. The van der Waals surface area contributed by atoms with Crippen molar-refractivity contribution in [3.05, 3.63) is 28.8 Å². The van der Waals surface area contributed by atoms with E-state index in [2.05, 4.69) is 0 Å². The Hall–Kier alpha value is -0.400. The van der Waals surface area contributed by atoms with Crippen molar-refractivity contribution in [3.8, 4) is 5.75 Å². The van der Waals surface area contributed by atoms with Gasteiger partial charge in [0.2, 0.25) is 0 Å². The molecule has 0 atom stereocenters. The van der Waals surface area contributed by atoms with Crippen LogP contribution in [0.1, 0.15) is 37.7 Å². The lowest BCUT2D eigenvalue weighted by Gasteiger charge is -2.22. The Bertz CT molecular complexity index is 359. The first-order chi connectivity index (χ1) is 8.29. The van der Waals surface area contributed by atoms with Gasteiger partial charge in [-0.05, 0) is 37.0 Å². The fourth-order valence-electron chi connectivity index (χ4n) is 2.35. The van der Waals surface area contributed by atoms with Crippen LogP contribution in [0, 0.1) is 5.92 Å². The van der Waals surface area contributed by atoms with Crippen LogP contribution in [0.25, 0.3) is 0 Å². The van der Waals surface area contributed by atoms with Crippen molar-refractivity contribution >= 4 is 23.2 Å². The van der Waals surface area contributed by atoms with Gasteiger partial charge in [-0.1, -0.05) is 30.9 Å². The van der Waals surface area contributed by atoms with Gasteiger partial charge in [-0.3, -0.25) is 0 Å². The molecule has 2 rings (SSSR count). The fourth-order valence-corrected chi connectivity index (χ4v) is 2.76. The van der Waals surface area contributed by atoms with Gasteiger partial charge in [0.1, 0.15) is 5.75 Å². The van der Waals surface area contributed by atoms with Crippen molar-refractivity contribution in [1.29, 1.82) is 0 Å². The van der Waals surface area contributed by atoms with Gasteiger partial charge in [0.15, 0.2) is 0 Å². The summed E-state index contributed by atoms with van der Waals surface area (Å²) in [6.45, 7) is 0.811. The first-order valence-corrected chi connectivity index (χ1v) is 7.18. The quantitative estimate of drug-likeness (QED) is 0.698. The van der Waals surface area contributed by atoms with E-state index in [0.717, 1.165) is 17.9 Å². The molecule has 94 valence electrons. The zero-order chi connectivity index (χ0) is 12.1. The Balaban J connectivity index is 1.93. The number of rotatable bonds is 4. The highest BCUT2D eigenvalue weighted by Crippen LogP contribution is 2.28. The Kier molecular flexibility index (Phi) is 4.99. The molecule has 0 heterocycles. The fraction of sp³-hybridized carbons (Fsp3) is 0.571. The molecule has 1 aliphatic rings. The zero-order valence-corrected chi connectivity index (χ0v) is 11.4. The standard InChI is InChI=1S/C14H18Cl2O/c15-9-12-8-13(16)6-7-14(12)17-10-11-4-2-1-3-5-11/h6-8,11H,1-5,9-10H2. The van der Waals surface area contributed by atoms with Gasteiger partial charge >= 0.3 is 0 Å². The van der Waals surface area contributed by atoms with Crippen LogP contribution in [0.5, 0.6) is 5.75 Å². The van der Waals surface area contributed by atoms with E-state index in [9.17, 15) is 0 Å². The summed E-state index contributed by atoms with van der Waals surface area (Å²) < 4.78 is 5.88. The van der Waals surface area contributed by atoms with E-state index in [-0.39, 0.29) is 0 Å². The lowest BCUT2D eigenvalue weighted by Crippen LogP contribution is -2.15. The second-order valence-electron chi connectivity index (χ2n) is 4.70. The summed E-state index contributed by atoms with van der Waals surface area (Å²) in [5.41, 5.74) is 0.981.